The van der Waals surface area contributed by atoms with Gasteiger partial charge < -0.3 is 4.57 Å². The summed E-state index contributed by atoms with van der Waals surface area (Å²) in [6.45, 7) is 5.92. The summed E-state index contributed by atoms with van der Waals surface area (Å²) in [7, 11) is 0. The summed E-state index contributed by atoms with van der Waals surface area (Å²) in [5, 5.41) is 2.14. The quantitative estimate of drug-likeness (QED) is 0.808. The maximum atomic E-state index is 12.8. The Bertz CT molecular complexity index is 744. The molecule has 0 fully saturated rings. The lowest BCUT2D eigenvalue weighted by Crippen LogP contribution is -2.23. The zero-order valence-corrected chi connectivity index (χ0v) is 13.7. The molecule has 0 aromatic carbocycles. The van der Waals surface area contributed by atoms with Crippen LogP contribution in [0.5, 0.6) is 0 Å². The number of halogens is 4. The highest BCUT2D eigenvalue weighted by Crippen LogP contribution is 2.30. The molecule has 2 heterocycles. The number of aromatic nitrogens is 2. The van der Waals surface area contributed by atoms with Crippen molar-refractivity contribution in [1.82, 2.24) is 9.55 Å². The van der Waals surface area contributed by atoms with Gasteiger partial charge in [0.25, 0.3) is 5.56 Å². The second kappa shape index (κ2) is 5.70. The standard InChI is InChI=1S/C14H14ClF3N2OS/c1-13(2,3)12-19-9(7-22-12)6-20-5-8(14(16,17)18)4-10(15)11(20)21/h4-5,7H,6H2,1-3H3. The summed E-state index contributed by atoms with van der Waals surface area (Å²) in [6.07, 6.45) is -3.79. The first kappa shape index (κ1) is 17.0. The average Bonchev–Trinajstić information content (AvgIpc) is 2.81. The van der Waals surface area contributed by atoms with Crippen molar-refractivity contribution in [3.8, 4) is 0 Å². The zero-order chi connectivity index (χ0) is 16.7. The maximum Gasteiger partial charge on any atom is 0.417 e. The van der Waals surface area contributed by atoms with E-state index in [0.717, 1.165) is 15.8 Å². The van der Waals surface area contributed by atoms with Gasteiger partial charge in [0.05, 0.1) is 22.8 Å². The van der Waals surface area contributed by atoms with E-state index in [9.17, 15) is 18.0 Å². The highest BCUT2D eigenvalue weighted by molar-refractivity contribution is 7.09. The van der Waals surface area contributed by atoms with Gasteiger partial charge in [0, 0.05) is 17.0 Å². The van der Waals surface area contributed by atoms with E-state index in [0.29, 0.717) is 11.8 Å². The minimum atomic E-state index is -4.56. The molecule has 0 bridgehead atoms. The lowest BCUT2D eigenvalue weighted by atomic mass is 9.98. The first-order chi connectivity index (χ1) is 9.98. The number of thiazole rings is 1. The Labute approximate surface area is 134 Å². The second-order valence-electron chi connectivity index (χ2n) is 5.90. The molecule has 0 spiro atoms. The number of rotatable bonds is 2. The van der Waals surface area contributed by atoms with E-state index in [1.807, 2.05) is 20.8 Å². The van der Waals surface area contributed by atoms with E-state index in [-0.39, 0.29) is 12.0 Å². The fraction of sp³-hybridized carbons (Fsp3) is 0.429. The van der Waals surface area contributed by atoms with E-state index >= 15 is 0 Å². The summed E-state index contributed by atoms with van der Waals surface area (Å²) in [5.41, 5.74) is -1.24. The van der Waals surface area contributed by atoms with Crippen molar-refractivity contribution in [2.24, 2.45) is 0 Å². The highest BCUT2D eigenvalue weighted by atomic mass is 35.5. The first-order valence-corrected chi connectivity index (χ1v) is 7.66. The van der Waals surface area contributed by atoms with Gasteiger partial charge in [0.15, 0.2) is 0 Å². The number of pyridine rings is 1. The number of alkyl halides is 3. The van der Waals surface area contributed by atoms with Gasteiger partial charge in [-0.1, -0.05) is 32.4 Å². The minimum Gasteiger partial charge on any atom is -0.308 e. The van der Waals surface area contributed by atoms with Crippen molar-refractivity contribution in [2.45, 2.75) is 38.9 Å². The van der Waals surface area contributed by atoms with Crippen LogP contribution in [0.4, 0.5) is 13.2 Å². The van der Waals surface area contributed by atoms with Crippen LogP contribution in [0.3, 0.4) is 0 Å². The van der Waals surface area contributed by atoms with E-state index in [1.165, 1.54) is 11.3 Å². The van der Waals surface area contributed by atoms with E-state index in [4.69, 9.17) is 11.6 Å². The summed E-state index contributed by atoms with van der Waals surface area (Å²) in [6, 6.07) is 0.641. The molecule has 8 heteroatoms. The van der Waals surface area contributed by atoms with E-state index in [1.54, 1.807) is 5.38 Å². The Morgan fingerprint density at radius 2 is 1.95 bits per heavy atom. The Balaban J connectivity index is 2.39. The molecule has 0 aliphatic carbocycles. The van der Waals surface area contributed by atoms with Gasteiger partial charge in [0.1, 0.15) is 5.02 Å². The maximum absolute atomic E-state index is 12.8. The average molecular weight is 351 g/mol. The fourth-order valence-corrected chi connectivity index (χ4v) is 2.89. The van der Waals surface area contributed by atoms with Crippen LogP contribution in [-0.2, 0) is 18.1 Å². The molecular formula is C14H14ClF3N2OS. The van der Waals surface area contributed by atoms with Crippen LogP contribution >= 0.6 is 22.9 Å². The number of hydrogen-bond acceptors (Lipinski definition) is 3. The third kappa shape index (κ3) is 3.70. The lowest BCUT2D eigenvalue weighted by Gasteiger charge is -2.14. The van der Waals surface area contributed by atoms with Crippen molar-refractivity contribution in [3.05, 3.63) is 49.3 Å². The SMILES string of the molecule is CC(C)(C)c1nc(Cn2cc(C(F)(F)F)cc(Cl)c2=O)cs1. The molecule has 2 rings (SSSR count). The molecule has 3 nitrogen and oxygen atoms in total. The zero-order valence-electron chi connectivity index (χ0n) is 12.2. The van der Waals surface area contributed by atoms with Gasteiger partial charge in [-0.15, -0.1) is 11.3 Å². The number of hydrogen-bond donors (Lipinski definition) is 0. The third-order valence-electron chi connectivity index (χ3n) is 2.90. The Morgan fingerprint density at radius 1 is 1.32 bits per heavy atom. The van der Waals surface area contributed by atoms with Crippen LogP contribution in [-0.4, -0.2) is 9.55 Å². The van der Waals surface area contributed by atoms with Crippen LogP contribution in [0, 0.1) is 0 Å². The van der Waals surface area contributed by atoms with Crippen molar-refractivity contribution in [3.63, 3.8) is 0 Å². The lowest BCUT2D eigenvalue weighted by molar-refractivity contribution is -0.138. The molecule has 0 atom stereocenters. The number of nitrogens with zero attached hydrogens (tertiary/aromatic N) is 2. The Kier molecular flexibility index (Phi) is 4.41. The molecule has 0 saturated heterocycles. The van der Waals surface area contributed by atoms with Gasteiger partial charge >= 0.3 is 6.18 Å². The van der Waals surface area contributed by atoms with Crippen molar-refractivity contribution in [2.75, 3.05) is 0 Å². The Morgan fingerprint density at radius 3 is 2.45 bits per heavy atom. The van der Waals surface area contributed by atoms with Crippen molar-refractivity contribution in [1.29, 1.82) is 0 Å². The third-order valence-corrected chi connectivity index (χ3v) is 4.48. The van der Waals surface area contributed by atoms with Gasteiger partial charge in [-0.3, -0.25) is 4.79 Å². The molecule has 0 aliphatic rings. The van der Waals surface area contributed by atoms with Crippen molar-refractivity contribution >= 4 is 22.9 Å². The highest BCUT2D eigenvalue weighted by Gasteiger charge is 2.32. The molecule has 0 radical (unpaired) electrons. The largest absolute Gasteiger partial charge is 0.417 e. The molecule has 0 N–H and O–H groups in total. The molecule has 0 aliphatic heterocycles. The van der Waals surface area contributed by atoms with Crippen LogP contribution in [0.15, 0.2) is 22.4 Å². The van der Waals surface area contributed by atoms with Crippen molar-refractivity contribution < 1.29 is 13.2 Å². The van der Waals surface area contributed by atoms with Crippen LogP contribution in [0.25, 0.3) is 0 Å². The summed E-state index contributed by atoms with van der Waals surface area (Å²) < 4.78 is 39.3. The minimum absolute atomic E-state index is 0.0466. The predicted molar refractivity (Wildman–Crippen MR) is 80.6 cm³/mol. The summed E-state index contributed by atoms with van der Waals surface area (Å²) in [4.78, 5) is 16.3. The molecule has 2 aromatic rings. The van der Waals surface area contributed by atoms with E-state index < -0.39 is 22.3 Å². The fourth-order valence-electron chi connectivity index (χ4n) is 1.77. The molecule has 120 valence electrons. The smallest absolute Gasteiger partial charge is 0.308 e. The molecular weight excluding hydrogens is 337 g/mol. The van der Waals surface area contributed by atoms with Gasteiger partial charge in [-0.2, -0.15) is 13.2 Å². The molecule has 0 saturated carbocycles. The molecule has 0 unspecified atom stereocenters. The molecule has 0 amide bonds. The topological polar surface area (TPSA) is 34.9 Å². The normalized spacial score (nSPS) is 12.7. The van der Waals surface area contributed by atoms with Gasteiger partial charge in [0.2, 0.25) is 0 Å². The van der Waals surface area contributed by atoms with Crippen LogP contribution in [0.1, 0.15) is 37.0 Å². The van der Waals surface area contributed by atoms with E-state index in [2.05, 4.69) is 4.98 Å². The molecule has 22 heavy (non-hydrogen) atoms. The first-order valence-electron chi connectivity index (χ1n) is 6.40. The summed E-state index contributed by atoms with van der Waals surface area (Å²) >= 11 is 7.03. The predicted octanol–water partition coefficient (Wildman–Crippen LogP) is 4.32. The van der Waals surface area contributed by atoms with Crippen LogP contribution < -0.4 is 5.56 Å². The second-order valence-corrected chi connectivity index (χ2v) is 7.17. The van der Waals surface area contributed by atoms with Gasteiger partial charge in [-0.05, 0) is 6.07 Å². The summed E-state index contributed by atoms with van der Waals surface area (Å²) in [5.74, 6) is 0. The Hall–Kier alpha value is -1.34. The van der Waals surface area contributed by atoms with Gasteiger partial charge in [-0.25, -0.2) is 4.98 Å². The molecule has 2 aromatic heterocycles. The monoisotopic (exact) mass is 350 g/mol. The van der Waals surface area contributed by atoms with Crippen LogP contribution in [0.2, 0.25) is 5.02 Å².